The van der Waals surface area contributed by atoms with Crippen molar-refractivity contribution in [2.24, 2.45) is 0 Å². The first kappa shape index (κ1) is 14.7. The molecule has 0 aromatic heterocycles. The molecule has 0 unspecified atom stereocenters. The predicted molar refractivity (Wildman–Crippen MR) is 77.9 cm³/mol. The normalized spacial score (nSPS) is 15.6. The van der Waals surface area contributed by atoms with E-state index < -0.39 is 0 Å². The molecule has 4 nitrogen and oxygen atoms in total. The Hall–Kier alpha value is -1.71. The first-order valence-corrected chi connectivity index (χ1v) is 7.47. The quantitative estimate of drug-likeness (QED) is 0.809. The standard InChI is InChI=1S/C16H23NO3/c18-16(20-15-10-5-2-6-11-15)17-12-7-13-19-14-8-3-1-4-9-14/h1,3-4,8-9,15H,2,5-7,10-13H2,(H,17,18). The molecule has 1 amide bonds. The summed E-state index contributed by atoms with van der Waals surface area (Å²) in [7, 11) is 0. The molecule has 0 spiro atoms. The van der Waals surface area contributed by atoms with Gasteiger partial charge in [-0.15, -0.1) is 0 Å². The van der Waals surface area contributed by atoms with Crippen LogP contribution in [0.4, 0.5) is 4.79 Å². The van der Waals surface area contributed by atoms with Crippen LogP contribution in [0.15, 0.2) is 30.3 Å². The summed E-state index contributed by atoms with van der Waals surface area (Å²) in [5, 5.41) is 2.78. The summed E-state index contributed by atoms with van der Waals surface area (Å²) in [4.78, 5) is 11.6. The highest BCUT2D eigenvalue weighted by Crippen LogP contribution is 2.20. The fourth-order valence-corrected chi connectivity index (χ4v) is 2.35. The van der Waals surface area contributed by atoms with Crippen LogP contribution in [0.2, 0.25) is 0 Å². The lowest BCUT2D eigenvalue weighted by molar-refractivity contribution is 0.0751. The number of rotatable bonds is 6. The average molecular weight is 277 g/mol. The SMILES string of the molecule is O=C(NCCCOc1ccccc1)OC1CCCCC1. The van der Waals surface area contributed by atoms with E-state index in [1.54, 1.807) is 0 Å². The molecule has 1 aromatic rings. The second kappa shape index (κ2) is 8.46. The van der Waals surface area contributed by atoms with Crippen LogP contribution in [0, 0.1) is 0 Å². The number of hydrogen-bond donors (Lipinski definition) is 1. The highest BCUT2D eigenvalue weighted by atomic mass is 16.6. The van der Waals surface area contributed by atoms with Gasteiger partial charge in [0.25, 0.3) is 0 Å². The van der Waals surface area contributed by atoms with E-state index in [1.807, 2.05) is 30.3 Å². The molecule has 1 N–H and O–H groups in total. The minimum Gasteiger partial charge on any atom is -0.494 e. The summed E-state index contributed by atoms with van der Waals surface area (Å²) in [6.45, 7) is 1.17. The van der Waals surface area contributed by atoms with Gasteiger partial charge in [-0.2, -0.15) is 0 Å². The zero-order chi connectivity index (χ0) is 14.0. The van der Waals surface area contributed by atoms with E-state index in [0.29, 0.717) is 13.2 Å². The topological polar surface area (TPSA) is 47.6 Å². The van der Waals surface area contributed by atoms with Crippen molar-refractivity contribution in [3.05, 3.63) is 30.3 Å². The van der Waals surface area contributed by atoms with Gasteiger partial charge in [-0.25, -0.2) is 4.79 Å². The minimum absolute atomic E-state index is 0.115. The molecule has 110 valence electrons. The van der Waals surface area contributed by atoms with Gasteiger partial charge in [-0.1, -0.05) is 24.6 Å². The monoisotopic (exact) mass is 277 g/mol. The van der Waals surface area contributed by atoms with Crippen LogP contribution in [0.25, 0.3) is 0 Å². The number of carbonyl (C=O) groups is 1. The van der Waals surface area contributed by atoms with Crippen LogP contribution in [-0.4, -0.2) is 25.3 Å². The Balaban J connectivity index is 1.51. The summed E-state index contributed by atoms with van der Waals surface area (Å²) in [5.41, 5.74) is 0. The lowest BCUT2D eigenvalue weighted by Crippen LogP contribution is -2.31. The number of para-hydroxylation sites is 1. The second-order valence-corrected chi connectivity index (χ2v) is 5.11. The Labute approximate surface area is 120 Å². The highest BCUT2D eigenvalue weighted by Gasteiger charge is 2.17. The van der Waals surface area contributed by atoms with Crippen molar-refractivity contribution in [2.45, 2.75) is 44.6 Å². The molecule has 1 aliphatic carbocycles. The van der Waals surface area contributed by atoms with E-state index in [-0.39, 0.29) is 12.2 Å². The highest BCUT2D eigenvalue weighted by molar-refractivity contribution is 5.67. The van der Waals surface area contributed by atoms with E-state index in [2.05, 4.69) is 5.32 Å². The van der Waals surface area contributed by atoms with Gasteiger partial charge < -0.3 is 14.8 Å². The maximum Gasteiger partial charge on any atom is 0.407 e. The summed E-state index contributed by atoms with van der Waals surface area (Å²) in [6, 6.07) is 9.68. The van der Waals surface area contributed by atoms with E-state index in [4.69, 9.17) is 9.47 Å². The molecule has 1 saturated carbocycles. The van der Waals surface area contributed by atoms with Gasteiger partial charge in [0.1, 0.15) is 11.9 Å². The molecule has 20 heavy (non-hydrogen) atoms. The van der Waals surface area contributed by atoms with Crippen LogP contribution in [0.5, 0.6) is 5.75 Å². The van der Waals surface area contributed by atoms with Crippen molar-refractivity contribution in [1.82, 2.24) is 5.32 Å². The van der Waals surface area contributed by atoms with E-state index in [1.165, 1.54) is 19.3 Å². The van der Waals surface area contributed by atoms with E-state index in [0.717, 1.165) is 25.0 Å². The first-order chi connectivity index (χ1) is 9.84. The molecule has 0 aliphatic heterocycles. The Morgan fingerprint density at radius 3 is 2.65 bits per heavy atom. The maximum atomic E-state index is 11.6. The third kappa shape index (κ3) is 5.51. The van der Waals surface area contributed by atoms with Gasteiger partial charge in [0, 0.05) is 6.54 Å². The van der Waals surface area contributed by atoms with Crippen LogP contribution in [0.3, 0.4) is 0 Å². The van der Waals surface area contributed by atoms with Crippen molar-refractivity contribution in [2.75, 3.05) is 13.2 Å². The average Bonchev–Trinajstić information content (AvgIpc) is 2.49. The summed E-state index contributed by atoms with van der Waals surface area (Å²) in [5.74, 6) is 0.859. The lowest BCUT2D eigenvalue weighted by Gasteiger charge is -2.21. The molecular formula is C16H23NO3. The molecule has 0 atom stereocenters. The Kier molecular flexibility index (Phi) is 6.21. The van der Waals surface area contributed by atoms with Crippen molar-refractivity contribution in [1.29, 1.82) is 0 Å². The van der Waals surface area contributed by atoms with Gasteiger partial charge in [-0.3, -0.25) is 0 Å². The van der Waals surface area contributed by atoms with Crippen LogP contribution in [-0.2, 0) is 4.74 Å². The second-order valence-electron chi connectivity index (χ2n) is 5.11. The fourth-order valence-electron chi connectivity index (χ4n) is 2.35. The lowest BCUT2D eigenvalue weighted by atomic mass is 9.98. The molecule has 0 bridgehead atoms. The number of alkyl carbamates (subject to hydrolysis) is 1. The molecule has 0 saturated heterocycles. The number of carbonyl (C=O) groups excluding carboxylic acids is 1. The largest absolute Gasteiger partial charge is 0.494 e. The van der Waals surface area contributed by atoms with E-state index >= 15 is 0 Å². The number of hydrogen-bond acceptors (Lipinski definition) is 3. The molecule has 2 rings (SSSR count). The molecular weight excluding hydrogens is 254 g/mol. The summed E-state index contributed by atoms with van der Waals surface area (Å²) >= 11 is 0. The van der Waals surface area contributed by atoms with Crippen molar-refractivity contribution >= 4 is 6.09 Å². The maximum absolute atomic E-state index is 11.6. The van der Waals surface area contributed by atoms with Gasteiger partial charge in [-0.05, 0) is 44.2 Å². The molecule has 1 aliphatic rings. The Morgan fingerprint density at radius 2 is 1.90 bits per heavy atom. The first-order valence-electron chi connectivity index (χ1n) is 7.47. The van der Waals surface area contributed by atoms with Crippen molar-refractivity contribution in [3.63, 3.8) is 0 Å². The third-order valence-corrected chi connectivity index (χ3v) is 3.43. The Bertz CT molecular complexity index is 388. The van der Waals surface area contributed by atoms with Crippen LogP contribution >= 0.6 is 0 Å². The van der Waals surface area contributed by atoms with Gasteiger partial charge in [0.2, 0.25) is 0 Å². The Morgan fingerprint density at radius 1 is 1.15 bits per heavy atom. The smallest absolute Gasteiger partial charge is 0.407 e. The predicted octanol–water partition coefficient (Wildman–Crippen LogP) is 3.51. The summed E-state index contributed by atoms with van der Waals surface area (Å²) in [6.07, 6.45) is 6.20. The van der Waals surface area contributed by atoms with E-state index in [9.17, 15) is 4.79 Å². The number of benzene rings is 1. The van der Waals surface area contributed by atoms with Crippen LogP contribution < -0.4 is 10.1 Å². The van der Waals surface area contributed by atoms with Crippen LogP contribution in [0.1, 0.15) is 38.5 Å². The fraction of sp³-hybridized carbons (Fsp3) is 0.562. The zero-order valence-corrected chi connectivity index (χ0v) is 11.8. The molecule has 1 aromatic carbocycles. The number of amides is 1. The number of ether oxygens (including phenoxy) is 2. The molecule has 0 heterocycles. The third-order valence-electron chi connectivity index (χ3n) is 3.43. The minimum atomic E-state index is -0.295. The summed E-state index contributed by atoms with van der Waals surface area (Å²) < 4.78 is 10.9. The molecule has 0 radical (unpaired) electrons. The van der Waals surface area contributed by atoms with Crippen molar-refractivity contribution in [3.8, 4) is 5.75 Å². The zero-order valence-electron chi connectivity index (χ0n) is 11.8. The van der Waals surface area contributed by atoms with Gasteiger partial charge >= 0.3 is 6.09 Å². The number of nitrogens with one attached hydrogen (secondary N) is 1. The molecule has 1 fully saturated rings. The van der Waals surface area contributed by atoms with Crippen molar-refractivity contribution < 1.29 is 14.3 Å². The van der Waals surface area contributed by atoms with Gasteiger partial charge in [0.15, 0.2) is 0 Å². The van der Waals surface area contributed by atoms with Gasteiger partial charge in [0.05, 0.1) is 6.61 Å². The molecule has 4 heteroatoms.